The van der Waals surface area contributed by atoms with E-state index >= 15 is 0 Å². The number of nitrogens with two attached hydrogens (primary N) is 1. The molecule has 4 aromatic heterocycles. The Bertz CT molecular complexity index is 2090. The Morgan fingerprint density at radius 1 is 1.04 bits per heavy atom. The van der Waals surface area contributed by atoms with Gasteiger partial charge in [-0.2, -0.15) is 9.97 Å². The molecule has 1 saturated heterocycles. The van der Waals surface area contributed by atoms with Crippen molar-refractivity contribution in [2.45, 2.75) is 58.1 Å². The van der Waals surface area contributed by atoms with Crippen molar-refractivity contribution in [3.05, 3.63) is 41.9 Å². The smallest absolute Gasteiger partial charge is 0.277 e. The molecule has 1 aromatic carbocycles. The number of anilines is 3. The monoisotopic (exact) mass is 689 g/mol. The predicted molar refractivity (Wildman–Crippen MR) is 181 cm³/mol. The highest BCUT2D eigenvalue weighted by atomic mass is 16.6. The van der Waals surface area contributed by atoms with Crippen molar-refractivity contribution in [1.82, 2.24) is 39.3 Å². The molecule has 2 aliphatic rings. The molecule has 0 spiro atoms. The quantitative estimate of drug-likeness (QED) is 0.118. The van der Waals surface area contributed by atoms with Crippen LogP contribution in [0.25, 0.3) is 33.7 Å². The fourth-order valence-electron chi connectivity index (χ4n) is 6.53. The summed E-state index contributed by atoms with van der Waals surface area (Å²) in [7, 11) is 1.76. The highest BCUT2D eigenvalue weighted by Gasteiger charge is 2.47. The van der Waals surface area contributed by atoms with Gasteiger partial charge in [-0.05, 0) is 44.9 Å². The molecule has 264 valence electrons. The molecule has 7 rings (SSSR count). The van der Waals surface area contributed by atoms with Crippen LogP contribution in [0.2, 0.25) is 0 Å². The number of ether oxygens (including phenoxy) is 1. The number of rotatable bonds is 10. The Labute approximate surface area is 285 Å². The summed E-state index contributed by atoms with van der Waals surface area (Å²) in [5, 5.41) is 38.6. The van der Waals surface area contributed by atoms with E-state index in [1.54, 1.807) is 23.4 Å². The van der Waals surface area contributed by atoms with Crippen molar-refractivity contribution in [1.29, 1.82) is 0 Å². The summed E-state index contributed by atoms with van der Waals surface area (Å²) in [5.74, 6) is 0.860. The Hall–Kier alpha value is -5.30. The number of aliphatic hydroxyl groups excluding tert-OH is 3. The van der Waals surface area contributed by atoms with Crippen molar-refractivity contribution >= 4 is 51.5 Å². The number of fused-ring (bicyclic) bond motifs is 3. The first kappa shape index (κ1) is 33.2. The Kier molecular flexibility index (Phi) is 8.54. The maximum absolute atomic E-state index is 13.2. The second-order valence-corrected chi connectivity index (χ2v) is 12.1. The van der Waals surface area contributed by atoms with Gasteiger partial charge in [0.15, 0.2) is 46.9 Å². The molecule has 18 nitrogen and oxygen atoms in total. The number of nitrogen functional groups attached to an aromatic ring is 1. The van der Waals surface area contributed by atoms with E-state index in [2.05, 4.69) is 25.6 Å². The summed E-state index contributed by atoms with van der Waals surface area (Å²) in [5.41, 5.74) is 8.72. The molecule has 50 heavy (non-hydrogen) atoms. The van der Waals surface area contributed by atoms with Crippen molar-refractivity contribution in [3.63, 3.8) is 0 Å². The maximum Gasteiger partial charge on any atom is 0.277 e. The van der Waals surface area contributed by atoms with Crippen molar-refractivity contribution < 1.29 is 34.1 Å². The number of aromatic nitrogens is 6. The zero-order valence-corrected chi connectivity index (χ0v) is 27.9. The highest BCUT2D eigenvalue weighted by Crippen LogP contribution is 2.36. The first-order valence-electron chi connectivity index (χ1n) is 16.4. The summed E-state index contributed by atoms with van der Waals surface area (Å²) in [6.07, 6.45) is -4.42. The summed E-state index contributed by atoms with van der Waals surface area (Å²) in [6.45, 7) is 7.03. The number of aliphatic hydroxyl groups is 3. The van der Waals surface area contributed by atoms with Gasteiger partial charge in [-0.15, -0.1) is 0 Å². The van der Waals surface area contributed by atoms with Crippen molar-refractivity contribution in [3.8, 4) is 11.6 Å². The standard InChI is InChI=1S/C32H39N11O7/c1-5-34-28(46)23-21(44)22(45)30(50-23)43-14-36-19-24(33)37-31(39-26(19)43)35-11-10-15-8-9-16-13-18(49-17(16)12-15)25-38-27-20(40(25)4)29(47)42(7-3)32(48)41(27)6-2/h8-9,12-14,21-23,30,32,44-45,48H,5-7,10-11H2,1-4H3,(H,34,46)(H3,33,35,37,39)/t21-,22+,23?,30+,32?/m0/s1. The van der Waals surface area contributed by atoms with Gasteiger partial charge in [0.2, 0.25) is 12.3 Å². The summed E-state index contributed by atoms with van der Waals surface area (Å²) in [4.78, 5) is 46.5. The zero-order chi connectivity index (χ0) is 35.4. The number of benzene rings is 1. The number of hydrogen-bond donors (Lipinski definition) is 6. The van der Waals surface area contributed by atoms with Crippen molar-refractivity contribution in [2.24, 2.45) is 7.05 Å². The second kappa shape index (κ2) is 12.9. The number of imidazole rings is 2. The van der Waals surface area contributed by atoms with E-state index in [0.717, 1.165) is 10.9 Å². The van der Waals surface area contributed by atoms with Gasteiger partial charge in [0.05, 0.1) is 6.33 Å². The Morgan fingerprint density at radius 2 is 1.82 bits per heavy atom. The number of furan rings is 1. The van der Waals surface area contributed by atoms with E-state index in [0.29, 0.717) is 61.3 Å². The molecule has 2 aliphatic heterocycles. The maximum atomic E-state index is 13.2. The van der Waals surface area contributed by atoms with E-state index in [4.69, 9.17) is 19.9 Å². The average molecular weight is 690 g/mol. The van der Waals surface area contributed by atoms with Gasteiger partial charge in [0, 0.05) is 38.6 Å². The van der Waals surface area contributed by atoms with Crippen LogP contribution in [-0.2, 0) is 23.0 Å². The molecule has 2 unspecified atom stereocenters. The van der Waals surface area contributed by atoms with Gasteiger partial charge in [0.1, 0.15) is 23.3 Å². The third-order valence-electron chi connectivity index (χ3n) is 9.12. The van der Waals surface area contributed by atoms with Crippen LogP contribution in [0.4, 0.5) is 17.6 Å². The van der Waals surface area contributed by atoms with Crippen LogP contribution in [-0.4, -0.2) is 112 Å². The van der Waals surface area contributed by atoms with Crippen LogP contribution < -0.4 is 21.3 Å². The lowest BCUT2D eigenvalue weighted by molar-refractivity contribution is -0.137. The Balaban J connectivity index is 1.08. The number of carbonyl (C=O) groups is 2. The van der Waals surface area contributed by atoms with Crippen LogP contribution >= 0.6 is 0 Å². The van der Waals surface area contributed by atoms with Gasteiger partial charge < -0.3 is 50.3 Å². The van der Waals surface area contributed by atoms with Gasteiger partial charge in [-0.25, -0.2) is 9.97 Å². The molecule has 2 amide bonds. The first-order valence-corrected chi connectivity index (χ1v) is 16.4. The minimum absolute atomic E-state index is 0.103. The fourth-order valence-corrected chi connectivity index (χ4v) is 6.53. The third-order valence-corrected chi connectivity index (χ3v) is 9.12. The van der Waals surface area contributed by atoms with Gasteiger partial charge in [0.25, 0.3) is 11.8 Å². The predicted octanol–water partition coefficient (Wildman–Crippen LogP) is 0.543. The lowest BCUT2D eigenvalue weighted by Crippen LogP contribution is -2.55. The molecule has 7 N–H and O–H groups in total. The lowest BCUT2D eigenvalue weighted by Gasteiger charge is -2.39. The van der Waals surface area contributed by atoms with Crippen molar-refractivity contribution in [2.75, 3.05) is 42.1 Å². The fraction of sp³-hybridized carbons (Fsp3) is 0.438. The van der Waals surface area contributed by atoms with Crippen LogP contribution in [0.5, 0.6) is 0 Å². The number of likely N-dealkylation sites (N-methyl/N-ethyl adjacent to an activating group) is 1. The van der Waals surface area contributed by atoms with E-state index in [-0.39, 0.29) is 28.8 Å². The molecular weight excluding hydrogens is 650 g/mol. The molecule has 0 bridgehead atoms. The first-order chi connectivity index (χ1) is 24.1. The summed E-state index contributed by atoms with van der Waals surface area (Å²) in [6, 6.07) is 7.73. The van der Waals surface area contributed by atoms with Gasteiger partial charge >= 0.3 is 0 Å². The molecule has 5 aromatic rings. The molecule has 18 heteroatoms. The molecule has 0 aliphatic carbocycles. The normalized spacial score (nSPS) is 22.1. The average Bonchev–Trinajstić information content (AvgIpc) is 3.85. The lowest BCUT2D eigenvalue weighted by atomic mass is 10.1. The summed E-state index contributed by atoms with van der Waals surface area (Å²) < 4.78 is 15.1. The SMILES string of the molecule is CCNC(=O)C1O[C@@H](n2cnc3c(N)nc(NCCc4ccc5cc(-c6nc7c(n6C)C(=O)N(CC)C(O)N7CC)oc5c4)nc32)[C@H](O)[C@@H]1O. The van der Waals surface area contributed by atoms with Crippen LogP contribution in [0, 0.1) is 0 Å². The van der Waals surface area contributed by atoms with E-state index in [9.17, 15) is 24.9 Å². The number of hydrogen-bond acceptors (Lipinski definition) is 14. The summed E-state index contributed by atoms with van der Waals surface area (Å²) >= 11 is 0. The van der Waals surface area contributed by atoms with E-state index in [1.807, 2.05) is 38.1 Å². The third kappa shape index (κ3) is 5.36. The zero-order valence-electron chi connectivity index (χ0n) is 27.9. The van der Waals surface area contributed by atoms with Crippen LogP contribution in [0.3, 0.4) is 0 Å². The topological polar surface area (TPSA) is 235 Å². The molecule has 1 fully saturated rings. The molecule has 0 saturated carbocycles. The van der Waals surface area contributed by atoms with Gasteiger partial charge in [-0.1, -0.05) is 12.1 Å². The van der Waals surface area contributed by atoms with Crippen LogP contribution in [0.1, 0.15) is 43.1 Å². The van der Waals surface area contributed by atoms with E-state index < -0.39 is 36.8 Å². The highest BCUT2D eigenvalue weighted by molar-refractivity contribution is 6.00. The molecule has 6 heterocycles. The molecule has 0 radical (unpaired) electrons. The number of amides is 2. The second-order valence-electron chi connectivity index (χ2n) is 12.1. The number of carbonyl (C=O) groups excluding carboxylic acids is 2. The minimum Gasteiger partial charge on any atom is -0.453 e. The van der Waals surface area contributed by atoms with Gasteiger partial charge in [-0.3, -0.25) is 19.1 Å². The van der Waals surface area contributed by atoms with E-state index in [1.165, 1.54) is 15.8 Å². The number of nitrogens with one attached hydrogen (secondary N) is 2. The molecule has 5 atom stereocenters. The van der Waals surface area contributed by atoms with Crippen LogP contribution in [0.15, 0.2) is 35.0 Å². The number of nitrogens with zero attached hydrogens (tertiary/aromatic N) is 8. The molecular formula is C32H39N11O7. The Morgan fingerprint density at radius 3 is 2.56 bits per heavy atom. The minimum atomic E-state index is -1.45. The largest absolute Gasteiger partial charge is 0.453 e.